The molecular weight excluding hydrogens is 324 g/mol. The Morgan fingerprint density at radius 3 is 2.52 bits per heavy atom. The molecule has 0 saturated carbocycles. The summed E-state index contributed by atoms with van der Waals surface area (Å²) in [5.74, 6) is -0.132. The van der Waals surface area contributed by atoms with E-state index in [4.69, 9.17) is 9.47 Å². The molecule has 25 heavy (non-hydrogen) atoms. The number of hydrogen-bond acceptors (Lipinski definition) is 5. The van der Waals surface area contributed by atoms with Gasteiger partial charge in [-0.05, 0) is 31.0 Å². The molecule has 0 aliphatic carbocycles. The Hall–Kier alpha value is -2.57. The van der Waals surface area contributed by atoms with E-state index >= 15 is 0 Å². The molecular formula is C18H24N2O5. The maximum absolute atomic E-state index is 12.7. The van der Waals surface area contributed by atoms with E-state index in [1.165, 1.54) is 0 Å². The minimum Gasteiger partial charge on any atom is -0.497 e. The molecule has 1 fully saturated rings. The molecule has 136 valence electrons. The second-order valence-corrected chi connectivity index (χ2v) is 6.06. The molecule has 1 atom stereocenters. The number of urea groups is 1. The molecule has 1 aliphatic heterocycles. The van der Waals surface area contributed by atoms with Crippen molar-refractivity contribution in [3.8, 4) is 5.75 Å². The van der Waals surface area contributed by atoms with Crippen molar-refractivity contribution in [3.63, 3.8) is 0 Å². The van der Waals surface area contributed by atoms with Crippen molar-refractivity contribution < 1.29 is 23.9 Å². The highest BCUT2D eigenvalue weighted by Gasteiger charge is 2.48. The zero-order chi connectivity index (χ0) is 18.4. The van der Waals surface area contributed by atoms with Crippen LogP contribution in [0.15, 0.2) is 24.3 Å². The monoisotopic (exact) mass is 348 g/mol. The predicted octanol–water partition coefficient (Wildman–Crippen LogP) is 2.20. The van der Waals surface area contributed by atoms with E-state index in [-0.39, 0.29) is 18.9 Å². The normalized spacial score (nSPS) is 19.7. The van der Waals surface area contributed by atoms with Gasteiger partial charge in [-0.15, -0.1) is 0 Å². The minimum absolute atomic E-state index is 0.00136. The summed E-state index contributed by atoms with van der Waals surface area (Å²) in [5, 5.41) is 2.70. The number of nitrogens with one attached hydrogen (secondary N) is 1. The van der Waals surface area contributed by atoms with Crippen LogP contribution in [0.1, 0.15) is 38.7 Å². The number of unbranched alkanes of at least 4 members (excludes halogenated alkanes) is 1. The fourth-order valence-corrected chi connectivity index (χ4v) is 2.63. The fourth-order valence-electron chi connectivity index (χ4n) is 2.63. The highest BCUT2D eigenvalue weighted by atomic mass is 16.5. The van der Waals surface area contributed by atoms with E-state index in [1.54, 1.807) is 38.3 Å². The van der Waals surface area contributed by atoms with Gasteiger partial charge in [-0.3, -0.25) is 14.5 Å². The van der Waals surface area contributed by atoms with Gasteiger partial charge in [0.15, 0.2) is 0 Å². The first-order valence-electron chi connectivity index (χ1n) is 8.36. The van der Waals surface area contributed by atoms with Crippen LogP contribution in [-0.4, -0.2) is 43.1 Å². The third-order valence-electron chi connectivity index (χ3n) is 4.24. The van der Waals surface area contributed by atoms with Crippen LogP contribution in [-0.2, 0) is 19.9 Å². The lowest BCUT2D eigenvalue weighted by Crippen LogP contribution is -2.41. The van der Waals surface area contributed by atoms with E-state index in [9.17, 15) is 14.4 Å². The standard InChI is InChI=1S/C18H24N2O5/c1-4-5-12-25-15(21)10-11-20-16(22)18(2,19-17(20)23)13-6-8-14(24-3)9-7-13/h6-9H,4-5,10-12H2,1-3H3,(H,19,23)/t18-/m0/s1. The van der Waals surface area contributed by atoms with Crippen molar-refractivity contribution in [1.82, 2.24) is 10.2 Å². The predicted molar refractivity (Wildman–Crippen MR) is 91.1 cm³/mol. The summed E-state index contributed by atoms with van der Waals surface area (Å²) in [5.41, 5.74) is -0.505. The Kier molecular flexibility index (Phi) is 6.01. The van der Waals surface area contributed by atoms with Crippen LogP contribution < -0.4 is 10.1 Å². The molecule has 3 amide bonds. The van der Waals surface area contributed by atoms with Gasteiger partial charge in [0, 0.05) is 6.54 Å². The molecule has 1 heterocycles. The second kappa shape index (κ2) is 8.00. The number of nitrogens with zero attached hydrogens (tertiary/aromatic N) is 1. The number of amides is 3. The van der Waals surface area contributed by atoms with E-state index in [2.05, 4.69) is 5.32 Å². The third-order valence-corrected chi connectivity index (χ3v) is 4.24. The number of benzene rings is 1. The molecule has 1 aromatic carbocycles. The lowest BCUT2D eigenvalue weighted by atomic mass is 9.92. The van der Waals surface area contributed by atoms with Gasteiger partial charge in [0.1, 0.15) is 11.3 Å². The highest BCUT2D eigenvalue weighted by Crippen LogP contribution is 2.30. The lowest BCUT2D eigenvalue weighted by molar-refractivity contribution is -0.144. The molecule has 0 radical (unpaired) electrons. The Morgan fingerprint density at radius 2 is 1.92 bits per heavy atom. The summed E-state index contributed by atoms with van der Waals surface area (Å²) >= 11 is 0. The summed E-state index contributed by atoms with van der Waals surface area (Å²) < 4.78 is 10.2. The minimum atomic E-state index is -1.16. The first-order chi connectivity index (χ1) is 11.9. The number of rotatable bonds is 8. The summed E-state index contributed by atoms with van der Waals surface area (Å²) in [4.78, 5) is 37.7. The third kappa shape index (κ3) is 4.10. The average molecular weight is 348 g/mol. The van der Waals surface area contributed by atoms with Crippen molar-refractivity contribution in [3.05, 3.63) is 29.8 Å². The molecule has 1 aliphatic rings. The Bertz CT molecular complexity index is 643. The molecule has 0 unspecified atom stereocenters. The molecule has 1 aromatic rings. The SMILES string of the molecule is CCCCOC(=O)CCN1C(=O)N[C@@](C)(c2ccc(OC)cc2)C1=O. The topological polar surface area (TPSA) is 84.9 Å². The molecule has 2 rings (SSSR count). The van der Waals surface area contributed by atoms with Crippen molar-refractivity contribution in [2.75, 3.05) is 20.3 Å². The number of hydrogen-bond donors (Lipinski definition) is 1. The summed E-state index contributed by atoms with van der Waals surface area (Å²) in [6, 6.07) is 6.42. The van der Waals surface area contributed by atoms with Crippen LogP contribution in [0.3, 0.4) is 0 Å². The first-order valence-corrected chi connectivity index (χ1v) is 8.36. The first kappa shape index (κ1) is 18.8. The Balaban J connectivity index is 2.01. The van der Waals surface area contributed by atoms with Gasteiger partial charge in [0.25, 0.3) is 5.91 Å². The summed E-state index contributed by atoms with van der Waals surface area (Å²) in [6.45, 7) is 4.01. The number of esters is 1. The quantitative estimate of drug-likeness (QED) is 0.442. The van der Waals surface area contributed by atoms with Crippen LogP contribution >= 0.6 is 0 Å². The number of carbonyl (C=O) groups is 3. The van der Waals surface area contributed by atoms with E-state index in [1.807, 2.05) is 6.92 Å². The van der Waals surface area contributed by atoms with Gasteiger partial charge < -0.3 is 14.8 Å². The second-order valence-electron chi connectivity index (χ2n) is 6.06. The zero-order valence-corrected chi connectivity index (χ0v) is 14.8. The van der Waals surface area contributed by atoms with Crippen molar-refractivity contribution in [1.29, 1.82) is 0 Å². The summed E-state index contributed by atoms with van der Waals surface area (Å²) in [6.07, 6.45) is 1.71. The van der Waals surface area contributed by atoms with Crippen LogP contribution in [0.2, 0.25) is 0 Å². The molecule has 0 aromatic heterocycles. The largest absolute Gasteiger partial charge is 0.497 e. The molecule has 0 bridgehead atoms. The molecule has 1 saturated heterocycles. The van der Waals surface area contributed by atoms with Crippen LogP contribution in [0, 0.1) is 0 Å². The van der Waals surface area contributed by atoms with Gasteiger partial charge in [-0.25, -0.2) is 4.79 Å². The number of imide groups is 1. The van der Waals surface area contributed by atoms with Gasteiger partial charge >= 0.3 is 12.0 Å². The Morgan fingerprint density at radius 1 is 1.24 bits per heavy atom. The van der Waals surface area contributed by atoms with Crippen molar-refractivity contribution in [2.45, 2.75) is 38.6 Å². The van der Waals surface area contributed by atoms with E-state index in [0.717, 1.165) is 17.7 Å². The molecule has 0 spiro atoms. The van der Waals surface area contributed by atoms with Crippen molar-refractivity contribution in [2.24, 2.45) is 0 Å². The van der Waals surface area contributed by atoms with Crippen LogP contribution in [0.5, 0.6) is 5.75 Å². The Labute approximate surface area is 147 Å². The lowest BCUT2D eigenvalue weighted by Gasteiger charge is -2.22. The molecule has 7 heteroatoms. The summed E-state index contributed by atoms with van der Waals surface area (Å²) in [7, 11) is 1.56. The fraction of sp³-hybridized carbons (Fsp3) is 0.500. The smallest absolute Gasteiger partial charge is 0.325 e. The maximum Gasteiger partial charge on any atom is 0.325 e. The van der Waals surface area contributed by atoms with Crippen LogP contribution in [0.25, 0.3) is 0 Å². The van der Waals surface area contributed by atoms with Gasteiger partial charge in [-0.1, -0.05) is 25.5 Å². The van der Waals surface area contributed by atoms with Gasteiger partial charge in [-0.2, -0.15) is 0 Å². The van der Waals surface area contributed by atoms with Gasteiger partial charge in [0.2, 0.25) is 0 Å². The highest BCUT2D eigenvalue weighted by molar-refractivity contribution is 6.07. The molecule has 1 N–H and O–H groups in total. The zero-order valence-electron chi connectivity index (χ0n) is 14.8. The van der Waals surface area contributed by atoms with Crippen molar-refractivity contribution >= 4 is 17.9 Å². The van der Waals surface area contributed by atoms with E-state index < -0.39 is 17.5 Å². The average Bonchev–Trinajstić information content (AvgIpc) is 2.83. The molecule has 7 nitrogen and oxygen atoms in total. The number of carbonyl (C=O) groups excluding carboxylic acids is 3. The maximum atomic E-state index is 12.7. The van der Waals surface area contributed by atoms with Gasteiger partial charge in [0.05, 0.1) is 20.1 Å². The van der Waals surface area contributed by atoms with Crippen LogP contribution in [0.4, 0.5) is 4.79 Å². The number of ether oxygens (including phenoxy) is 2. The number of methoxy groups -OCH3 is 1. The van der Waals surface area contributed by atoms with E-state index in [0.29, 0.717) is 17.9 Å².